The van der Waals surface area contributed by atoms with Crippen LogP contribution in [0.2, 0.25) is 0 Å². The molecule has 1 N–H and O–H groups in total. The number of piperidine rings is 1. The molecule has 0 saturated carbocycles. The van der Waals surface area contributed by atoms with Gasteiger partial charge in [0.15, 0.2) is 0 Å². The van der Waals surface area contributed by atoms with Crippen molar-refractivity contribution in [2.24, 2.45) is 0 Å². The Morgan fingerprint density at radius 2 is 2.05 bits per heavy atom. The van der Waals surface area contributed by atoms with E-state index in [1.54, 1.807) is 22.6 Å². The first-order valence-electron chi connectivity index (χ1n) is 6.85. The number of anilines is 1. The van der Waals surface area contributed by atoms with Crippen molar-refractivity contribution < 1.29 is 8.42 Å². The number of hydrogen-bond acceptors (Lipinski definition) is 4. The molecule has 2 rings (SSSR count). The minimum Gasteiger partial charge on any atom is -0.369 e. The highest BCUT2D eigenvalue weighted by molar-refractivity contribution is 7.89. The molecular weight excluding hydrogens is 262 g/mol. The van der Waals surface area contributed by atoms with E-state index in [0.717, 1.165) is 32.2 Å². The molecule has 0 amide bonds. The van der Waals surface area contributed by atoms with Crippen LogP contribution in [0.25, 0.3) is 0 Å². The predicted octanol–water partition coefficient (Wildman–Crippen LogP) is 2.08. The topological polar surface area (TPSA) is 62.3 Å². The normalized spacial score (nSPS) is 17.3. The summed E-state index contributed by atoms with van der Waals surface area (Å²) in [7, 11) is -3.41. The van der Waals surface area contributed by atoms with Crippen molar-refractivity contribution in [2.75, 3.05) is 25.0 Å². The Bertz CT molecular complexity index is 510. The molecular formula is C13H21N3O2S. The monoisotopic (exact) mass is 283 g/mol. The predicted molar refractivity (Wildman–Crippen MR) is 75.6 cm³/mol. The highest BCUT2D eigenvalue weighted by atomic mass is 32.2. The van der Waals surface area contributed by atoms with Crippen molar-refractivity contribution in [3.63, 3.8) is 0 Å². The lowest BCUT2D eigenvalue weighted by Gasteiger charge is -2.26. The molecule has 1 aromatic heterocycles. The average molecular weight is 283 g/mol. The molecule has 1 aliphatic rings. The fourth-order valence-corrected chi connectivity index (χ4v) is 3.86. The average Bonchev–Trinajstić information content (AvgIpc) is 2.46. The molecule has 0 atom stereocenters. The van der Waals surface area contributed by atoms with E-state index >= 15 is 0 Å². The van der Waals surface area contributed by atoms with Crippen molar-refractivity contribution in [1.82, 2.24) is 9.29 Å². The van der Waals surface area contributed by atoms with Gasteiger partial charge in [0.25, 0.3) is 0 Å². The Labute approximate surface area is 115 Å². The van der Waals surface area contributed by atoms with Crippen LogP contribution in [-0.4, -0.2) is 37.3 Å². The van der Waals surface area contributed by atoms with Gasteiger partial charge in [0, 0.05) is 25.8 Å². The van der Waals surface area contributed by atoms with Gasteiger partial charge in [-0.3, -0.25) is 0 Å². The number of hydrogen-bond donors (Lipinski definition) is 1. The molecule has 1 aromatic rings. The summed E-state index contributed by atoms with van der Waals surface area (Å²) < 4.78 is 26.8. The van der Waals surface area contributed by atoms with E-state index in [4.69, 9.17) is 0 Å². The fourth-order valence-electron chi connectivity index (χ4n) is 2.22. The Morgan fingerprint density at radius 3 is 2.74 bits per heavy atom. The molecule has 1 fully saturated rings. The number of nitrogens with zero attached hydrogens (tertiary/aromatic N) is 2. The summed E-state index contributed by atoms with van der Waals surface area (Å²) in [6, 6.07) is 3.31. The van der Waals surface area contributed by atoms with Crippen LogP contribution in [0, 0.1) is 0 Å². The van der Waals surface area contributed by atoms with Crippen LogP contribution in [0.5, 0.6) is 0 Å². The van der Waals surface area contributed by atoms with Gasteiger partial charge < -0.3 is 5.32 Å². The molecule has 0 bridgehead atoms. The second kappa shape index (κ2) is 6.34. The van der Waals surface area contributed by atoms with Crippen molar-refractivity contribution in [3.8, 4) is 0 Å². The Kier molecular flexibility index (Phi) is 4.76. The van der Waals surface area contributed by atoms with E-state index in [-0.39, 0.29) is 0 Å². The van der Waals surface area contributed by atoms with Gasteiger partial charge in [-0.25, -0.2) is 13.4 Å². The minimum atomic E-state index is -3.41. The molecule has 5 nitrogen and oxygen atoms in total. The van der Waals surface area contributed by atoms with E-state index in [9.17, 15) is 8.42 Å². The third-order valence-electron chi connectivity index (χ3n) is 3.25. The summed E-state index contributed by atoms with van der Waals surface area (Å²) in [6.45, 7) is 3.99. The summed E-state index contributed by atoms with van der Waals surface area (Å²) in [6.07, 6.45) is 5.54. The minimum absolute atomic E-state index is 0.297. The smallest absolute Gasteiger partial charge is 0.246 e. The van der Waals surface area contributed by atoms with Crippen LogP contribution < -0.4 is 5.32 Å². The number of aromatic nitrogens is 1. The van der Waals surface area contributed by atoms with Crippen molar-refractivity contribution in [3.05, 3.63) is 18.3 Å². The highest BCUT2D eigenvalue weighted by Gasteiger charge is 2.28. The molecule has 1 aliphatic heterocycles. The van der Waals surface area contributed by atoms with Crippen LogP contribution in [0.3, 0.4) is 0 Å². The third kappa shape index (κ3) is 3.25. The maximum absolute atomic E-state index is 12.6. The zero-order chi connectivity index (χ0) is 13.7. The van der Waals surface area contributed by atoms with E-state index in [0.29, 0.717) is 23.8 Å². The number of sulfonamides is 1. The van der Waals surface area contributed by atoms with Gasteiger partial charge in [-0.2, -0.15) is 4.31 Å². The quantitative estimate of drug-likeness (QED) is 0.898. The van der Waals surface area contributed by atoms with Gasteiger partial charge >= 0.3 is 0 Å². The fraction of sp³-hybridized carbons (Fsp3) is 0.615. The standard InChI is InChI=1S/C13H21N3O2S/c1-2-8-14-13-12(7-6-9-15-13)19(17,18)16-10-4-3-5-11-16/h6-7,9H,2-5,8,10-11H2,1H3,(H,14,15). The van der Waals surface area contributed by atoms with Crippen molar-refractivity contribution in [2.45, 2.75) is 37.5 Å². The maximum Gasteiger partial charge on any atom is 0.246 e. The maximum atomic E-state index is 12.6. The first-order valence-corrected chi connectivity index (χ1v) is 8.29. The van der Waals surface area contributed by atoms with Gasteiger partial charge in [0.2, 0.25) is 10.0 Å². The van der Waals surface area contributed by atoms with Crippen molar-refractivity contribution in [1.29, 1.82) is 0 Å². The van der Waals surface area contributed by atoms with Gasteiger partial charge in [0.05, 0.1) is 0 Å². The molecule has 2 heterocycles. The van der Waals surface area contributed by atoms with E-state index in [1.807, 2.05) is 6.92 Å². The number of pyridine rings is 1. The zero-order valence-corrected chi connectivity index (χ0v) is 12.1. The Morgan fingerprint density at radius 1 is 1.32 bits per heavy atom. The molecule has 0 radical (unpaired) electrons. The Balaban J connectivity index is 2.28. The molecule has 0 aromatic carbocycles. The SMILES string of the molecule is CCCNc1ncccc1S(=O)(=O)N1CCCCC1. The lowest BCUT2D eigenvalue weighted by molar-refractivity contribution is 0.346. The van der Waals surface area contributed by atoms with Gasteiger partial charge in [-0.15, -0.1) is 0 Å². The largest absolute Gasteiger partial charge is 0.369 e. The van der Waals surface area contributed by atoms with Crippen LogP contribution in [0.1, 0.15) is 32.6 Å². The number of nitrogens with one attached hydrogen (secondary N) is 1. The Hall–Kier alpha value is -1.14. The highest BCUT2D eigenvalue weighted by Crippen LogP contribution is 2.25. The number of rotatable bonds is 5. The second-order valence-corrected chi connectivity index (χ2v) is 6.65. The summed E-state index contributed by atoms with van der Waals surface area (Å²) >= 11 is 0. The van der Waals surface area contributed by atoms with Crippen molar-refractivity contribution >= 4 is 15.8 Å². The molecule has 0 unspecified atom stereocenters. The van der Waals surface area contributed by atoms with Crippen LogP contribution in [0.15, 0.2) is 23.2 Å². The molecule has 6 heteroatoms. The summed E-state index contributed by atoms with van der Waals surface area (Å²) in [5, 5.41) is 3.09. The molecule has 0 aliphatic carbocycles. The molecule has 19 heavy (non-hydrogen) atoms. The molecule has 0 spiro atoms. The molecule has 1 saturated heterocycles. The summed E-state index contributed by atoms with van der Waals surface area (Å²) in [4.78, 5) is 4.46. The summed E-state index contributed by atoms with van der Waals surface area (Å²) in [5.41, 5.74) is 0. The van der Waals surface area contributed by atoms with Gasteiger partial charge in [-0.1, -0.05) is 13.3 Å². The van der Waals surface area contributed by atoms with E-state index in [1.165, 1.54) is 0 Å². The molecule has 106 valence electrons. The van der Waals surface area contributed by atoms with Gasteiger partial charge in [0.1, 0.15) is 10.7 Å². The van der Waals surface area contributed by atoms with Crippen LogP contribution >= 0.6 is 0 Å². The lowest BCUT2D eigenvalue weighted by atomic mass is 10.2. The zero-order valence-electron chi connectivity index (χ0n) is 11.3. The first kappa shape index (κ1) is 14.3. The van der Waals surface area contributed by atoms with E-state index < -0.39 is 10.0 Å². The summed E-state index contributed by atoms with van der Waals surface area (Å²) in [5.74, 6) is 0.468. The third-order valence-corrected chi connectivity index (χ3v) is 5.18. The van der Waals surface area contributed by atoms with Crippen LogP contribution in [0.4, 0.5) is 5.82 Å². The lowest BCUT2D eigenvalue weighted by Crippen LogP contribution is -2.36. The van der Waals surface area contributed by atoms with E-state index in [2.05, 4.69) is 10.3 Å². The second-order valence-electron chi connectivity index (χ2n) is 4.74. The van der Waals surface area contributed by atoms with Crippen LogP contribution in [-0.2, 0) is 10.0 Å². The van der Waals surface area contributed by atoms with Gasteiger partial charge in [-0.05, 0) is 31.4 Å². The first-order chi connectivity index (χ1) is 9.16.